The molecule has 2 atom stereocenters. The van der Waals surface area contributed by atoms with Crippen molar-refractivity contribution in [2.75, 3.05) is 0 Å². The number of carbonyl (C=O) groups excluding carboxylic acids is 1. The Hall–Kier alpha value is -0.850. The first-order valence-electron chi connectivity index (χ1n) is 4.71. The summed E-state index contributed by atoms with van der Waals surface area (Å²) in [6, 6.07) is 0. The summed E-state index contributed by atoms with van der Waals surface area (Å²) < 4.78 is 0. The molecule has 0 aromatic heterocycles. The highest BCUT2D eigenvalue weighted by molar-refractivity contribution is 5.58. The first-order chi connectivity index (χ1) is 5.90. The number of rotatable bonds is 3. The minimum Gasteiger partial charge on any atom is -0.303 e. The lowest BCUT2D eigenvalue weighted by Crippen LogP contribution is -1.89. The molecular weight excluding hydrogens is 148 g/mol. The Balaban J connectivity index is 1.84. The SMILES string of the molecule is O=CC1CC1CC1=CCCC=C1. The third-order valence-corrected chi connectivity index (χ3v) is 2.72. The molecule has 0 heterocycles. The summed E-state index contributed by atoms with van der Waals surface area (Å²) in [7, 11) is 0. The van der Waals surface area contributed by atoms with Crippen molar-refractivity contribution in [1.29, 1.82) is 0 Å². The molecule has 1 fully saturated rings. The molecule has 1 saturated carbocycles. The van der Waals surface area contributed by atoms with Gasteiger partial charge in [0.1, 0.15) is 6.29 Å². The van der Waals surface area contributed by atoms with Gasteiger partial charge in [-0.3, -0.25) is 0 Å². The van der Waals surface area contributed by atoms with Gasteiger partial charge in [-0.25, -0.2) is 0 Å². The van der Waals surface area contributed by atoms with Gasteiger partial charge in [0, 0.05) is 5.92 Å². The van der Waals surface area contributed by atoms with Crippen molar-refractivity contribution in [3.05, 3.63) is 23.8 Å². The van der Waals surface area contributed by atoms with Crippen molar-refractivity contribution in [2.45, 2.75) is 25.7 Å². The Bertz CT molecular complexity index is 237. The number of aldehydes is 1. The lowest BCUT2D eigenvalue weighted by Gasteiger charge is -2.04. The molecule has 2 aliphatic carbocycles. The van der Waals surface area contributed by atoms with Gasteiger partial charge in [0.2, 0.25) is 0 Å². The van der Waals surface area contributed by atoms with E-state index in [9.17, 15) is 4.79 Å². The van der Waals surface area contributed by atoms with Crippen molar-refractivity contribution < 1.29 is 4.79 Å². The minimum absolute atomic E-state index is 0.376. The second-order valence-corrected chi connectivity index (χ2v) is 3.76. The zero-order valence-corrected chi connectivity index (χ0v) is 7.20. The van der Waals surface area contributed by atoms with E-state index in [0.717, 1.165) is 19.1 Å². The highest BCUT2D eigenvalue weighted by Crippen LogP contribution is 2.41. The molecule has 2 unspecified atom stereocenters. The zero-order chi connectivity index (χ0) is 8.39. The molecule has 0 saturated heterocycles. The molecule has 2 rings (SSSR count). The van der Waals surface area contributed by atoms with E-state index in [4.69, 9.17) is 0 Å². The molecule has 0 N–H and O–H groups in total. The molecule has 1 nitrogen and oxygen atoms in total. The first kappa shape index (κ1) is 7.78. The molecule has 0 aromatic rings. The van der Waals surface area contributed by atoms with Crippen LogP contribution < -0.4 is 0 Å². The largest absolute Gasteiger partial charge is 0.303 e. The maximum absolute atomic E-state index is 10.4. The predicted molar refractivity (Wildman–Crippen MR) is 48.7 cm³/mol. The molecule has 0 bridgehead atoms. The fourth-order valence-corrected chi connectivity index (χ4v) is 1.79. The quantitative estimate of drug-likeness (QED) is 0.583. The summed E-state index contributed by atoms with van der Waals surface area (Å²) in [5, 5.41) is 0. The second kappa shape index (κ2) is 3.26. The maximum atomic E-state index is 10.4. The van der Waals surface area contributed by atoms with Crippen molar-refractivity contribution in [3.8, 4) is 0 Å². The van der Waals surface area contributed by atoms with Crippen LogP contribution in [0.4, 0.5) is 0 Å². The molecule has 0 radical (unpaired) electrons. The van der Waals surface area contributed by atoms with Gasteiger partial charge in [-0.05, 0) is 31.6 Å². The van der Waals surface area contributed by atoms with E-state index < -0.39 is 0 Å². The van der Waals surface area contributed by atoms with E-state index >= 15 is 0 Å². The summed E-state index contributed by atoms with van der Waals surface area (Å²) in [6.07, 6.45) is 12.5. The molecule has 0 amide bonds. The Labute approximate surface area is 73.2 Å². The van der Waals surface area contributed by atoms with E-state index in [1.165, 1.54) is 18.4 Å². The number of carbonyl (C=O) groups is 1. The van der Waals surface area contributed by atoms with Crippen LogP contribution in [0.3, 0.4) is 0 Å². The standard InChI is InChI=1S/C11H14O/c12-8-11-7-10(11)6-9-4-2-1-3-5-9/h2,4-5,8,10-11H,1,3,6-7H2. The maximum Gasteiger partial charge on any atom is 0.123 e. The fourth-order valence-electron chi connectivity index (χ4n) is 1.79. The van der Waals surface area contributed by atoms with Crippen molar-refractivity contribution in [2.24, 2.45) is 11.8 Å². The van der Waals surface area contributed by atoms with Gasteiger partial charge in [0.15, 0.2) is 0 Å². The van der Waals surface area contributed by atoms with Gasteiger partial charge >= 0.3 is 0 Å². The smallest absolute Gasteiger partial charge is 0.123 e. The molecule has 12 heavy (non-hydrogen) atoms. The number of allylic oxidation sites excluding steroid dienone is 4. The van der Waals surface area contributed by atoms with Crippen LogP contribution in [-0.2, 0) is 4.79 Å². The van der Waals surface area contributed by atoms with E-state index in [0.29, 0.717) is 11.8 Å². The van der Waals surface area contributed by atoms with E-state index in [2.05, 4.69) is 18.2 Å². The zero-order valence-electron chi connectivity index (χ0n) is 7.20. The summed E-state index contributed by atoms with van der Waals surface area (Å²) in [4.78, 5) is 10.4. The molecular formula is C11H14O. The van der Waals surface area contributed by atoms with Crippen LogP contribution in [0.15, 0.2) is 23.8 Å². The summed E-state index contributed by atoms with van der Waals surface area (Å²) in [6.45, 7) is 0. The molecule has 2 aliphatic rings. The molecule has 0 aliphatic heterocycles. The van der Waals surface area contributed by atoms with Crippen molar-refractivity contribution in [3.63, 3.8) is 0 Å². The second-order valence-electron chi connectivity index (χ2n) is 3.76. The highest BCUT2D eigenvalue weighted by atomic mass is 16.1. The van der Waals surface area contributed by atoms with E-state index in [1.54, 1.807) is 0 Å². The summed E-state index contributed by atoms with van der Waals surface area (Å²) in [5.41, 5.74) is 1.44. The summed E-state index contributed by atoms with van der Waals surface area (Å²) in [5.74, 6) is 1.04. The average molecular weight is 162 g/mol. The summed E-state index contributed by atoms with van der Waals surface area (Å²) >= 11 is 0. The Kier molecular flexibility index (Phi) is 2.11. The lowest BCUT2D eigenvalue weighted by molar-refractivity contribution is -0.109. The van der Waals surface area contributed by atoms with Gasteiger partial charge in [-0.15, -0.1) is 0 Å². The predicted octanol–water partition coefficient (Wildman–Crippen LogP) is 2.49. The number of hydrogen-bond acceptors (Lipinski definition) is 1. The monoisotopic (exact) mass is 162 g/mol. The minimum atomic E-state index is 0.376. The fraction of sp³-hybridized carbons (Fsp3) is 0.545. The molecule has 64 valence electrons. The van der Waals surface area contributed by atoms with Crippen LogP contribution in [0.25, 0.3) is 0 Å². The molecule has 0 spiro atoms. The first-order valence-corrected chi connectivity index (χ1v) is 4.71. The average Bonchev–Trinajstić information content (AvgIpc) is 2.85. The van der Waals surface area contributed by atoms with Crippen molar-refractivity contribution in [1.82, 2.24) is 0 Å². The number of hydrogen-bond donors (Lipinski definition) is 0. The third-order valence-electron chi connectivity index (χ3n) is 2.72. The Morgan fingerprint density at radius 1 is 1.50 bits per heavy atom. The Morgan fingerprint density at radius 3 is 3.00 bits per heavy atom. The van der Waals surface area contributed by atoms with E-state index in [1.807, 2.05) is 0 Å². The van der Waals surface area contributed by atoms with Gasteiger partial charge in [-0.1, -0.05) is 23.8 Å². The van der Waals surface area contributed by atoms with Crippen LogP contribution in [-0.4, -0.2) is 6.29 Å². The van der Waals surface area contributed by atoms with Gasteiger partial charge in [0.05, 0.1) is 0 Å². The van der Waals surface area contributed by atoms with Crippen molar-refractivity contribution >= 4 is 6.29 Å². The van der Waals surface area contributed by atoms with Gasteiger partial charge in [-0.2, -0.15) is 0 Å². The topological polar surface area (TPSA) is 17.1 Å². The highest BCUT2D eigenvalue weighted by Gasteiger charge is 2.36. The van der Waals surface area contributed by atoms with Gasteiger partial charge < -0.3 is 4.79 Å². The van der Waals surface area contributed by atoms with Gasteiger partial charge in [0.25, 0.3) is 0 Å². The molecule has 1 heteroatoms. The van der Waals surface area contributed by atoms with Crippen LogP contribution in [0.2, 0.25) is 0 Å². The van der Waals surface area contributed by atoms with E-state index in [-0.39, 0.29) is 0 Å². The normalized spacial score (nSPS) is 32.8. The molecule has 0 aromatic carbocycles. The van der Waals surface area contributed by atoms with Crippen LogP contribution in [0, 0.1) is 11.8 Å². The third kappa shape index (κ3) is 1.66. The lowest BCUT2D eigenvalue weighted by atomic mass is 10.0. The Morgan fingerprint density at radius 2 is 2.42 bits per heavy atom. The van der Waals surface area contributed by atoms with Crippen LogP contribution >= 0.6 is 0 Å². The van der Waals surface area contributed by atoms with Crippen LogP contribution in [0.1, 0.15) is 25.7 Å². The van der Waals surface area contributed by atoms with Crippen LogP contribution in [0.5, 0.6) is 0 Å².